The summed E-state index contributed by atoms with van der Waals surface area (Å²) in [5, 5.41) is 9.23. The minimum Gasteiger partial charge on any atom is -0.362 e. The van der Waals surface area contributed by atoms with Crippen molar-refractivity contribution in [3.05, 3.63) is 46.0 Å². The third kappa shape index (κ3) is 1.67. The Morgan fingerprint density at radius 2 is 2.14 bits per heavy atom. The maximum atomic E-state index is 10.0. The second-order valence-corrected chi connectivity index (χ2v) is 3.15. The summed E-state index contributed by atoms with van der Waals surface area (Å²) in [6.07, 6.45) is 0. The number of rotatable bonds is 4. The zero-order valence-corrected chi connectivity index (χ0v) is 7.38. The minimum absolute atomic E-state index is 0.0377. The van der Waals surface area contributed by atoms with Crippen LogP contribution in [0.1, 0.15) is 5.56 Å². The molecular formula is C9H9NO4. The lowest BCUT2D eigenvalue weighted by atomic mass is 10.0. The summed E-state index contributed by atoms with van der Waals surface area (Å²) in [5.74, 6) is 0. The van der Waals surface area contributed by atoms with E-state index in [1.54, 1.807) is 0 Å². The Balaban J connectivity index is 2.06. The number of hydrogen-bond acceptors (Lipinski definition) is 4. The first kappa shape index (κ1) is 8.96. The van der Waals surface area contributed by atoms with E-state index in [4.69, 9.17) is 4.74 Å². The summed E-state index contributed by atoms with van der Waals surface area (Å²) in [7, 11) is 0. The number of epoxide rings is 1. The van der Waals surface area contributed by atoms with Crippen molar-refractivity contribution in [3.63, 3.8) is 0 Å². The Bertz CT molecular complexity index is 334. The third-order valence-corrected chi connectivity index (χ3v) is 2.20. The molecule has 1 saturated heterocycles. The van der Waals surface area contributed by atoms with Crippen LogP contribution in [0.2, 0.25) is 0 Å². The number of nitrogens with zero attached hydrogens (tertiary/aromatic N) is 1. The fourth-order valence-electron chi connectivity index (χ4n) is 1.32. The average Bonchev–Trinajstić information content (AvgIpc) is 2.97. The smallest absolute Gasteiger partial charge is 0.294 e. The quantitative estimate of drug-likeness (QED) is 0.410. The molecule has 1 aliphatic rings. The van der Waals surface area contributed by atoms with Crippen LogP contribution in [0.15, 0.2) is 30.3 Å². The summed E-state index contributed by atoms with van der Waals surface area (Å²) in [6.45, 7) is 0.439. The lowest BCUT2D eigenvalue weighted by Gasteiger charge is -2.09. The molecule has 14 heavy (non-hydrogen) atoms. The van der Waals surface area contributed by atoms with E-state index < -0.39 is 10.7 Å². The van der Waals surface area contributed by atoms with Gasteiger partial charge in [-0.3, -0.25) is 0 Å². The summed E-state index contributed by atoms with van der Waals surface area (Å²) >= 11 is 0. The van der Waals surface area contributed by atoms with Crippen molar-refractivity contribution in [1.29, 1.82) is 0 Å². The van der Waals surface area contributed by atoms with Gasteiger partial charge in [0.05, 0.1) is 6.61 Å². The molecule has 0 bridgehead atoms. The Morgan fingerprint density at radius 1 is 1.50 bits per heavy atom. The number of hydrogen-bond donors (Lipinski definition) is 0. The van der Waals surface area contributed by atoms with E-state index in [0.29, 0.717) is 6.61 Å². The summed E-state index contributed by atoms with van der Waals surface area (Å²) in [5.41, 5.74) is 0.329. The van der Waals surface area contributed by atoms with E-state index >= 15 is 0 Å². The van der Waals surface area contributed by atoms with Crippen LogP contribution < -0.4 is 0 Å². The lowest BCUT2D eigenvalue weighted by molar-refractivity contribution is -0.759. The van der Waals surface area contributed by atoms with Gasteiger partial charge in [-0.15, -0.1) is 10.1 Å². The molecule has 0 saturated carbocycles. The Hall–Kier alpha value is -1.62. The van der Waals surface area contributed by atoms with E-state index in [9.17, 15) is 10.1 Å². The van der Waals surface area contributed by atoms with Crippen LogP contribution in [0.5, 0.6) is 0 Å². The van der Waals surface area contributed by atoms with Gasteiger partial charge in [0.15, 0.2) is 0 Å². The molecule has 1 atom stereocenters. The molecular weight excluding hydrogens is 186 g/mol. The van der Waals surface area contributed by atoms with Crippen molar-refractivity contribution in [2.75, 3.05) is 13.2 Å². The second kappa shape index (κ2) is 3.26. The van der Waals surface area contributed by atoms with Crippen molar-refractivity contribution >= 4 is 0 Å². The molecule has 0 amide bonds. The molecule has 1 fully saturated rings. The topological polar surface area (TPSA) is 64.9 Å². The zero-order chi connectivity index (χ0) is 10.0. The lowest BCUT2D eigenvalue weighted by Crippen LogP contribution is -2.19. The molecule has 1 aliphatic heterocycles. The second-order valence-electron chi connectivity index (χ2n) is 3.15. The van der Waals surface area contributed by atoms with Crippen molar-refractivity contribution in [1.82, 2.24) is 0 Å². The van der Waals surface area contributed by atoms with Gasteiger partial charge in [-0.1, -0.05) is 30.3 Å². The molecule has 5 heteroatoms. The van der Waals surface area contributed by atoms with Gasteiger partial charge in [-0.2, -0.15) is 0 Å². The highest BCUT2D eigenvalue weighted by Gasteiger charge is 2.47. The summed E-state index contributed by atoms with van der Waals surface area (Å²) in [6, 6.07) is 9.36. The molecule has 1 heterocycles. The minimum atomic E-state index is -0.799. The Kier molecular flexibility index (Phi) is 2.09. The molecule has 74 valence electrons. The number of benzene rings is 1. The predicted molar refractivity (Wildman–Crippen MR) is 47.0 cm³/mol. The van der Waals surface area contributed by atoms with Crippen LogP contribution in [0.3, 0.4) is 0 Å². The van der Waals surface area contributed by atoms with E-state index in [0.717, 1.165) is 5.56 Å². The van der Waals surface area contributed by atoms with Gasteiger partial charge >= 0.3 is 0 Å². The highest BCUT2D eigenvalue weighted by Crippen LogP contribution is 2.38. The van der Waals surface area contributed by atoms with E-state index in [-0.39, 0.29) is 6.61 Å². The van der Waals surface area contributed by atoms with Crippen LogP contribution in [0, 0.1) is 10.1 Å². The van der Waals surface area contributed by atoms with E-state index in [1.807, 2.05) is 30.3 Å². The van der Waals surface area contributed by atoms with Gasteiger partial charge in [-0.05, 0) is 5.56 Å². The van der Waals surface area contributed by atoms with Gasteiger partial charge in [0.25, 0.3) is 5.09 Å². The first-order chi connectivity index (χ1) is 6.73. The fourth-order valence-corrected chi connectivity index (χ4v) is 1.32. The predicted octanol–water partition coefficient (Wildman–Crippen LogP) is 1.12. The normalized spacial score (nSPS) is 24.3. The molecule has 0 aliphatic carbocycles. The molecule has 0 aromatic heterocycles. The zero-order valence-electron chi connectivity index (χ0n) is 7.38. The van der Waals surface area contributed by atoms with Crippen LogP contribution >= 0.6 is 0 Å². The highest BCUT2D eigenvalue weighted by molar-refractivity contribution is 5.26. The summed E-state index contributed by atoms with van der Waals surface area (Å²) in [4.78, 5) is 14.4. The van der Waals surface area contributed by atoms with Gasteiger partial charge in [0.2, 0.25) is 0 Å². The Morgan fingerprint density at radius 3 is 2.64 bits per heavy atom. The van der Waals surface area contributed by atoms with Crippen molar-refractivity contribution in [2.45, 2.75) is 5.60 Å². The maximum absolute atomic E-state index is 10.0. The number of ether oxygens (including phenoxy) is 1. The molecule has 1 aromatic rings. The van der Waals surface area contributed by atoms with E-state index in [1.165, 1.54) is 0 Å². The van der Waals surface area contributed by atoms with Gasteiger partial charge in [0.1, 0.15) is 12.2 Å². The van der Waals surface area contributed by atoms with Crippen LogP contribution in [-0.4, -0.2) is 18.3 Å². The third-order valence-electron chi connectivity index (χ3n) is 2.20. The van der Waals surface area contributed by atoms with Crippen LogP contribution in [0.25, 0.3) is 0 Å². The molecule has 0 radical (unpaired) electrons. The molecule has 2 rings (SSSR count). The molecule has 5 nitrogen and oxygen atoms in total. The first-order valence-electron chi connectivity index (χ1n) is 4.20. The molecule has 0 N–H and O–H groups in total. The standard InChI is InChI=1S/C9H9NO4/c11-10(12)14-7-9(6-13-9)8-4-2-1-3-5-8/h1-5H,6-7H2. The fraction of sp³-hybridized carbons (Fsp3) is 0.333. The largest absolute Gasteiger partial charge is 0.362 e. The van der Waals surface area contributed by atoms with Gasteiger partial charge in [0, 0.05) is 0 Å². The SMILES string of the molecule is O=[N+]([O-])OCC1(c2ccccc2)CO1. The first-order valence-corrected chi connectivity index (χ1v) is 4.20. The highest BCUT2D eigenvalue weighted by atomic mass is 17.0. The monoisotopic (exact) mass is 195 g/mol. The Labute approximate surface area is 80.4 Å². The van der Waals surface area contributed by atoms with Crippen molar-refractivity contribution in [2.24, 2.45) is 0 Å². The molecule has 1 aromatic carbocycles. The maximum Gasteiger partial charge on any atom is 0.294 e. The van der Waals surface area contributed by atoms with Crippen molar-refractivity contribution in [3.8, 4) is 0 Å². The van der Waals surface area contributed by atoms with Crippen LogP contribution in [-0.2, 0) is 15.2 Å². The summed E-state index contributed by atoms with van der Waals surface area (Å²) < 4.78 is 5.20. The average molecular weight is 195 g/mol. The molecule has 1 unspecified atom stereocenters. The van der Waals surface area contributed by atoms with Crippen molar-refractivity contribution < 1.29 is 14.7 Å². The van der Waals surface area contributed by atoms with Crippen LogP contribution in [0.4, 0.5) is 0 Å². The van der Waals surface area contributed by atoms with E-state index in [2.05, 4.69) is 4.84 Å². The van der Waals surface area contributed by atoms with Gasteiger partial charge < -0.3 is 9.57 Å². The van der Waals surface area contributed by atoms with Gasteiger partial charge in [-0.25, -0.2) is 0 Å². The molecule has 0 spiro atoms.